The van der Waals surface area contributed by atoms with E-state index in [1.807, 2.05) is 0 Å². The van der Waals surface area contributed by atoms with Crippen LogP contribution in [-0.2, 0) is 70.3 Å². The van der Waals surface area contributed by atoms with E-state index in [4.69, 9.17) is 60.6 Å². The number of rotatable bonds is 24. The maximum atomic E-state index is 13.7. The van der Waals surface area contributed by atoms with Gasteiger partial charge in [-0.3, -0.25) is 56.6 Å². The summed E-state index contributed by atoms with van der Waals surface area (Å²) in [7, 11) is -4.34. The summed E-state index contributed by atoms with van der Waals surface area (Å²) >= 11 is 23.9. The van der Waals surface area contributed by atoms with E-state index in [2.05, 4.69) is 60.0 Å². The minimum atomic E-state index is -5.11. The molecule has 0 aliphatic rings. The third-order valence-corrected chi connectivity index (χ3v) is 22.6. The van der Waals surface area contributed by atoms with Crippen molar-refractivity contribution in [1.29, 1.82) is 0 Å². The van der Waals surface area contributed by atoms with Crippen LogP contribution in [0, 0.1) is 23.6 Å². The Morgan fingerprint density at radius 2 is 0.701 bits per heavy atom. The van der Waals surface area contributed by atoms with Crippen molar-refractivity contribution in [3.05, 3.63) is 227 Å². The number of alkyl halides is 3. The van der Waals surface area contributed by atoms with Crippen LogP contribution in [0.4, 0.5) is 34.6 Å². The highest BCUT2D eigenvalue weighted by Crippen LogP contribution is 2.38. The number of sulfonamides is 3. The Morgan fingerprint density at radius 1 is 0.410 bits per heavy atom. The van der Waals surface area contributed by atoms with Crippen LogP contribution in [0.25, 0.3) is 66.1 Å². The molecule has 0 aliphatic carbocycles. The lowest BCUT2D eigenvalue weighted by Crippen LogP contribution is -2.32. The van der Waals surface area contributed by atoms with Crippen molar-refractivity contribution in [3.8, 4) is 51.0 Å². The Balaban J connectivity index is 0.000000185. The summed E-state index contributed by atoms with van der Waals surface area (Å²) in [5, 5.41) is 9.19. The van der Waals surface area contributed by atoms with Crippen molar-refractivity contribution < 1.29 is 71.4 Å². The number of fused-ring (bicyclic) bond motifs is 3. The molecule has 0 saturated heterocycles. The van der Waals surface area contributed by atoms with Crippen LogP contribution in [0.3, 0.4) is 0 Å². The summed E-state index contributed by atoms with van der Waals surface area (Å²) in [4.78, 5) is 99.6. The number of halogens is 8. The molecular formula is C76H69Cl4F4N15O15S3. The molecular weight excluding hydrogens is 1680 g/mol. The van der Waals surface area contributed by atoms with E-state index < -0.39 is 75.8 Å². The van der Waals surface area contributed by atoms with Crippen LogP contribution in [0.5, 0.6) is 17.6 Å². The molecule has 6 aromatic carbocycles. The van der Waals surface area contributed by atoms with Crippen molar-refractivity contribution in [2.45, 2.75) is 61.3 Å². The quantitative estimate of drug-likeness (QED) is 0.0306. The lowest BCUT2D eigenvalue weighted by molar-refractivity contribution is -0.140. The van der Waals surface area contributed by atoms with Crippen molar-refractivity contribution in [2.75, 3.05) is 56.6 Å². The zero-order valence-corrected chi connectivity index (χ0v) is 68.3. The zero-order valence-electron chi connectivity index (χ0n) is 62.8. The Morgan fingerprint density at radius 3 is 0.974 bits per heavy atom. The number of nitrogens with zero attached hydrogens (tertiary/aromatic N) is 9. The number of benzene rings is 6. The van der Waals surface area contributed by atoms with Gasteiger partial charge in [-0.25, -0.2) is 59.5 Å². The largest absolute Gasteiger partial charge is 0.480 e. The number of hydrogen-bond acceptors (Lipinski definition) is 21. The van der Waals surface area contributed by atoms with E-state index >= 15 is 0 Å². The molecule has 12 aromatic rings. The van der Waals surface area contributed by atoms with Crippen molar-refractivity contribution in [1.82, 2.24) is 59.6 Å². The SMILES string of the molecule is CNC(=O)[C@@H](C)Cn1cnc2ccc(-c3cnc(OC)c(NS(=O)(=O)c4cc(Cl)cc(Cl)c4)c3)cc2c1=O.CNC(=O)[C@H](C)Cn1cnc2ccc(-c3cnc(OC)c(NS(=O)(=O)c4cc(Cl)cc(Cl)c4)c3)cc2c1=O.CNC(=O)[C@H](C)Cn1cnc2ccc(-c3cnc(OC)c(NS(=O)(=O)c4ccc(F)c(C(F)(F)F)c4)c3)cc2c1=O. The van der Waals surface area contributed by atoms with Gasteiger partial charge in [0.25, 0.3) is 46.7 Å². The van der Waals surface area contributed by atoms with Gasteiger partial charge in [-0.1, -0.05) is 85.4 Å². The first-order valence-corrected chi connectivity index (χ1v) is 40.4. The molecule has 30 nitrogen and oxygen atoms in total. The fourth-order valence-corrected chi connectivity index (χ4v) is 16.3. The molecule has 6 N–H and O–H groups in total. The normalized spacial score (nSPS) is 12.4. The summed E-state index contributed by atoms with van der Waals surface area (Å²) in [5.74, 6) is -3.73. The summed E-state index contributed by atoms with van der Waals surface area (Å²) in [6, 6.07) is 28.5. The van der Waals surface area contributed by atoms with Crippen LogP contribution >= 0.6 is 46.4 Å². The Kier molecular flexibility index (Phi) is 27.3. The molecule has 0 fully saturated rings. The standard InChI is InChI=1S/C26H23F4N5O5S.2C25H23Cl2N5O5S/c1-14(23(36)31-2)12-35-13-33-21-7-4-15(8-18(21)25(35)37)16-9-22(24(40-3)32-11-16)34-41(38,39)17-5-6-20(27)19(10-17)26(28,29)30;2*1-14(23(33)28-2)12-32-13-30-21-5-4-15(6-20(21)25(32)34)16-7-22(24(37-3)29-11-16)31-38(35,36)19-9-17(26)8-18(27)10-19/h4-11,13-14,34H,12H2,1-3H3,(H,31,36);2*4-11,13-14,31H,12H2,1-3H3,(H,28,33)/t3*14-/m110/s1. The van der Waals surface area contributed by atoms with Gasteiger partial charge in [0.1, 0.15) is 22.9 Å². The second kappa shape index (κ2) is 36.5. The highest BCUT2D eigenvalue weighted by Gasteiger charge is 2.36. The number of carbonyl (C=O) groups is 3. The molecule has 0 saturated carbocycles. The lowest BCUT2D eigenvalue weighted by Gasteiger charge is -2.15. The van der Waals surface area contributed by atoms with Gasteiger partial charge in [-0.15, -0.1) is 0 Å². The number of anilines is 3. The van der Waals surface area contributed by atoms with Gasteiger partial charge in [0.2, 0.25) is 35.4 Å². The average Bonchev–Trinajstić information content (AvgIpc) is 0.788. The molecule has 3 atom stereocenters. The fraction of sp³-hybridized carbons (Fsp3) is 0.211. The molecule has 6 heterocycles. The highest BCUT2D eigenvalue weighted by molar-refractivity contribution is 7.93. The van der Waals surface area contributed by atoms with E-state index in [0.29, 0.717) is 72.8 Å². The Hall–Kier alpha value is -11.9. The number of amides is 3. The molecule has 612 valence electrons. The van der Waals surface area contributed by atoms with Gasteiger partial charge in [0, 0.05) is 96.1 Å². The van der Waals surface area contributed by atoms with Gasteiger partial charge >= 0.3 is 6.18 Å². The van der Waals surface area contributed by atoms with Gasteiger partial charge in [-0.05, 0) is 126 Å². The topological polar surface area (TPSA) is 397 Å². The summed E-state index contributed by atoms with van der Waals surface area (Å²) < 4.78 is 158. The molecule has 0 radical (unpaired) electrons. The van der Waals surface area contributed by atoms with Gasteiger partial charge < -0.3 is 30.2 Å². The van der Waals surface area contributed by atoms with Crippen LogP contribution in [0.2, 0.25) is 20.1 Å². The number of pyridine rings is 3. The molecule has 12 rings (SSSR count). The maximum Gasteiger partial charge on any atom is 0.419 e. The van der Waals surface area contributed by atoms with E-state index in [1.165, 1.54) is 142 Å². The number of nitrogens with one attached hydrogen (secondary N) is 6. The Labute approximate surface area is 684 Å². The lowest BCUT2D eigenvalue weighted by atomic mass is 10.0. The van der Waals surface area contributed by atoms with Gasteiger partial charge in [0.05, 0.1) is 111 Å². The highest BCUT2D eigenvalue weighted by atomic mass is 35.5. The van der Waals surface area contributed by atoms with Crippen molar-refractivity contribution in [3.63, 3.8) is 0 Å². The van der Waals surface area contributed by atoms with E-state index in [9.17, 15) is 71.6 Å². The van der Waals surface area contributed by atoms with Crippen LogP contribution in [-0.4, -0.2) is 129 Å². The smallest absolute Gasteiger partial charge is 0.419 e. The van der Waals surface area contributed by atoms with E-state index in [0.717, 1.165) is 0 Å². The average molecular weight is 1750 g/mol. The first-order chi connectivity index (χ1) is 55.3. The molecule has 6 aromatic heterocycles. The first-order valence-electron chi connectivity index (χ1n) is 34.4. The third-order valence-electron chi connectivity index (χ3n) is 17.7. The fourth-order valence-electron chi connectivity index (χ4n) is 11.7. The maximum absolute atomic E-state index is 13.7. The molecule has 0 spiro atoms. The second-order valence-electron chi connectivity index (χ2n) is 25.9. The summed E-state index contributed by atoms with van der Waals surface area (Å²) in [5.41, 5.74) is 1.47. The molecule has 3 amide bonds. The Bertz CT molecular complexity index is 6160. The number of ether oxygens (including phenoxy) is 3. The van der Waals surface area contributed by atoms with Crippen LogP contribution < -0.4 is 61.0 Å². The van der Waals surface area contributed by atoms with Gasteiger partial charge in [-0.2, -0.15) is 13.2 Å². The molecule has 0 unspecified atom stereocenters. The predicted octanol–water partition coefficient (Wildman–Crippen LogP) is 11.7. The molecule has 41 heteroatoms. The van der Waals surface area contributed by atoms with Crippen LogP contribution in [0.1, 0.15) is 26.3 Å². The predicted molar refractivity (Wildman–Crippen MR) is 434 cm³/mol. The van der Waals surface area contributed by atoms with Gasteiger partial charge in [0.15, 0.2) is 0 Å². The molecule has 117 heavy (non-hydrogen) atoms. The van der Waals surface area contributed by atoms with E-state index in [-0.39, 0.29) is 125 Å². The number of carbonyl (C=O) groups excluding carboxylic acids is 3. The number of hydrogen-bond donors (Lipinski definition) is 6. The van der Waals surface area contributed by atoms with Crippen molar-refractivity contribution in [2.24, 2.45) is 17.8 Å². The number of methoxy groups -OCH3 is 3. The molecule has 0 aliphatic heterocycles. The second-order valence-corrected chi connectivity index (χ2v) is 32.6. The monoisotopic (exact) mass is 1740 g/mol. The van der Waals surface area contributed by atoms with Crippen LogP contribution in [0.15, 0.2) is 194 Å². The van der Waals surface area contributed by atoms with E-state index in [1.54, 1.807) is 81.4 Å². The minimum absolute atomic E-state index is 0.0402. The first kappa shape index (κ1) is 87.5. The third kappa shape index (κ3) is 20.7. The summed E-state index contributed by atoms with van der Waals surface area (Å²) in [6.45, 7) is 5.50. The molecule has 0 bridgehead atoms. The number of aromatic nitrogens is 9. The van der Waals surface area contributed by atoms with Crippen molar-refractivity contribution >= 4 is 144 Å². The summed E-state index contributed by atoms with van der Waals surface area (Å²) in [6.07, 6.45) is 3.39. The zero-order chi connectivity index (χ0) is 85.3. The minimum Gasteiger partial charge on any atom is -0.480 e.